The summed E-state index contributed by atoms with van der Waals surface area (Å²) in [5.41, 5.74) is 3.61. The third-order valence-electron chi connectivity index (χ3n) is 5.19. The van der Waals surface area contributed by atoms with Crippen LogP contribution in [0.3, 0.4) is 0 Å². The van der Waals surface area contributed by atoms with Gasteiger partial charge in [0, 0.05) is 36.5 Å². The number of rotatable bonds is 1. The molecule has 2 aliphatic rings. The van der Waals surface area contributed by atoms with Crippen LogP contribution in [-0.4, -0.2) is 46.1 Å². The Bertz CT molecular complexity index is 918. The van der Waals surface area contributed by atoms with E-state index in [-0.39, 0.29) is 11.3 Å². The van der Waals surface area contributed by atoms with Crippen LogP contribution in [0.15, 0.2) is 54.9 Å². The molecule has 1 aliphatic carbocycles. The molecule has 2 aromatic rings. The fourth-order valence-corrected chi connectivity index (χ4v) is 3.66. The lowest BCUT2D eigenvalue weighted by molar-refractivity contribution is -0.192. The Morgan fingerprint density at radius 1 is 1.03 bits per heavy atom. The Balaban J connectivity index is 0.000000298. The fourth-order valence-electron chi connectivity index (χ4n) is 3.66. The molecule has 1 saturated heterocycles. The number of pyridine rings is 1. The van der Waals surface area contributed by atoms with Crippen LogP contribution in [0.4, 0.5) is 13.2 Å². The van der Waals surface area contributed by atoms with Crippen LogP contribution in [0, 0.1) is 0 Å². The Morgan fingerprint density at radius 2 is 1.62 bits per heavy atom. The molecule has 0 radical (unpaired) electrons. The monoisotopic (exact) mass is 404 g/mol. The van der Waals surface area contributed by atoms with Crippen LogP contribution < -0.4 is 0 Å². The number of carbonyl (C=O) groups is 2. The van der Waals surface area contributed by atoms with Gasteiger partial charge >= 0.3 is 12.1 Å². The number of fused-ring (bicyclic) bond motifs is 2. The number of halogens is 3. The van der Waals surface area contributed by atoms with Gasteiger partial charge in [0.25, 0.3) is 5.91 Å². The first kappa shape index (κ1) is 20.6. The first-order chi connectivity index (χ1) is 13.7. The summed E-state index contributed by atoms with van der Waals surface area (Å²) in [7, 11) is 0. The SMILES string of the molecule is O=C(O)C(F)(F)F.O=C(c1ccncc1)N1CCC2(C=Cc3ccccc32)CC1. The van der Waals surface area contributed by atoms with Crippen LogP contribution in [0.25, 0.3) is 6.08 Å². The molecule has 5 nitrogen and oxygen atoms in total. The number of amides is 1. The lowest BCUT2D eigenvalue weighted by Gasteiger charge is -2.39. The summed E-state index contributed by atoms with van der Waals surface area (Å²) in [4.78, 5) is 27.4. The predicted molar refractivity (Wildman–Crippen MR) is 100 cm³/mol. The summed E-state index contributed by atoms with van der Waals surface area (Å²) in [5, 5.41) is 7.12. The van der Waals surface area contributed by atoms with E-state index in [4.69, 9.17) is 9.90 Å². The van der Waals surface area contributed by atoms with Gasteiger partial charge in [0.1, 0.15) is 0 Å². The molecule has 4 rings (SSSR count). The summed E-state index contributed by atoms with van der Waals surface area (Å²) in [6.45, 7) is 1.61. The summed E-state index contributed by atoms with van der Waals surface area (Å²) < 4.78 is 31.7. The number of benzene rings is 1. The van der Waals surface area contributed by atoms with Gasteiger partial charge in [0.15, 0.2) is 0 Å². The maximum atomic E-state index is 12.5. The Kier molecular flexibility index (Phi) is 5.72. The van der Waals surface area contributed by atoms with Gasteiger partial charge in [-0.25, -0.2) is 4.79 Å². The number of carbonyl (C=O) groups excluding carboxylic acids is 1. The van der Waals surface area contributed by atoms with Crippen molar-refractivity contribution in [2.24, 2.45) is 0 Å². The molecule has 1 spiro atoms. The van der Waals surface area contributed by atoms with E-state index in [0.29, 0.717) is 0 Å². The van der Waals surface area contributed by atoms with Crippen molar-refractivity contribution in [1.29, 1.82) is 0 Å². The normalized spacial score (nSPS) is 16.7. The highest BCUT2D eigenvalue weighted by Crippen LogP contribution is 2.43. The molecule has 152 valence electrons. The van der Waals surface area contributed by atoms with Crippen LogP contribution >= 0.6 is 0 Å². The largest absolute Gasteiger partial charge is 0.490 e. The van der Waals surface area contributed by atoms with Crippen molar-refractivity contribution in [3.05, 3.63) is 71.6 Å². The number of carboxylic acids is 1. The molecular weight excluding hydrogens is 385 g/mol. The summed E-state index contributed by atoms with van der Waals surface area (Å²) in [5.74, 6) is -2.64. The second-order valence-electron chi connectivity index (χ2n) is 6.91. The number of allylic oxidation sites excluding steroid dienone is 1. The molecule has 29 heavy (non-hydrogen) atoms. The highest BCUT2D eigenvalue weighted by molar-refractivity contribution is 5.94. The van der Waals surface area contributed by atoms with Crippen LogP contribution in [0.5, 0.6) is 0 Å². The molecule has 0 atom stereocenters. The summed E-state index contributed by atoms with van der Waals surface area (Å²) >= 11 is 0. The molecule has 1 fully saturated rings. The van der Waals surface area contributed by atoms with Crippen molar-refractivity contribution in [3.63, 3.8) is 0 Å². The zero-order valence-electron chi connectivity index (χ0n) is 15.4. The quantitative estimate of drug-likeness (QED) is 0.782. The van der Waals surface area contributed by atoms with E-state index in [1.54, 1.807) is 24.5 Å². The lowest BCUT2D eigenvalue weighted by Crippen LogP contribution is -2.43. The lowest BCUT2D eigenvalue weighted by atomic mass is 9.74. The molecule has 0 unspecified atom stereocenters. The molecule has 1 aliphatic heterocycles. The first-order valence-electron chi connectivity index (χ1n) is 9.01. The van der Waals surface area contributed by atoms with Gasteiger partial charge in [-0.05, 0) is 36.1 Å². The van der Waals surface area contributed by atoms with Crippen molar-refractivity contribution >= 4 is 18.0 Å². The van der Waals surface area contributed by atoms with Crippen molar-refractivity contribution in [2.45, 2.75) is 24.4 Å². The smallest absolute Gasteiger partial charge is 0.475 e. The average molecular weight is 404 g/mol. The molecule has 1 aromatic heterocycles. The van der Waals surface area contributed by atoms with E-state index in [2.05, 4.69) is 41.4 Å². The zero-order chi connectivity index (χ0) is 21.1. The predicted octanol–water partition coefficient (Wildman–Crippen LogP) is 3.92. The van der Waals surface area contributed by atoms with Gasteiger partial charge in [-0.1, -0.05) is 36.4 Å². The molecule has 2 heterocycles. The van der Waals surface area contributed by atoms with E-state index < -0.39 is 12.1 Å². The van der Waals surface area contributed by atoms with Crippen molar-refractivity contribution in [2.75, 3.05) is 13.1 Å². The minimum atomic E-state index is -5.08. The van der Waals surface area contributed by atoms with Crippen LogP contribution in [-0.2, 0) is 10.2 Å². The number of aliphatic carboxylic acids is 1. The van der Waals surface area contributed by atoms with Gasteiger partial charge < -0.3 is 10.0 Å². The van der Waals surface area contributed by atoms with Gasteiger partial charge in [-0.15, -0.1) is 0 Å². The third-order valence-corrected chi connectivity index (χ3v) is 5.19. The van der Waals surface area contributed by atoms with E-state index >= 15 is 0 Å². The van der Waals surface area contributed by atoms with Crippen molar-refractivity contribution in [1.82, 2.24) is 9.88 Å². The number of hydrogen-bond donors (Lipinski definition) is 1. The Labute approximate surface area is 165 Å². The van der Waals surface area contributed by atoms with Crippen molar-refractivity contribution < 1.29 is 27.9 Å². The number of piperidine rings is 1. The fraction of sp³-hybridized carbons (Fsp3) is 0.286. The second kappa shape index (κ2) is 8.06. The van der Waals surface area contributed by atoms with Crippen LogP contribution in [0.2, 0.25) is 0 Å². The summed E-state index contributed by atoms with van der Waals surface area (Å²) in [6.07, 6.45) is 4.83. The van der Waals surface area contributed by atoms with Gasteiger partial charge in [-0.3, -0.25) is 9.78 Å². The van der Waals surface area contributed by atoms with E-state index in [1.807, 2.05) is 4.90 Å². The third kappa shape index (κ3) is 4.47. The molecule has 0 saturated carbocycles. The van der Waals surface area contributed by atoms with Gasteiger partial charge in [0.05, 0.1) is 0 Å². The Morgan fingerprint density at radius 3 is 2.21 bits per heavy atom. The van der Waals surface area contributed by atoms with Gasteiger partial charge in [-0.2, -0.15) is 13.2 Å². The number of carboxylic acid groups (broad SMARTS) is 1. The van der Waals surface area contributed by atoms with E-state index in [0.717, 1.165) is 31.5 Å². The molecular formula is C21H19F3N2O3. The van der Waals surface area contributed by atoms with Gasteiger partial charge in [0.2, 0.25) is 0 Å². The maximum absolute atomic E-state index is 12.5. The average Bonchev–Trinajstić information content (AvgIpc) is 3.07. The number of aromatic nitrogens is 1. The zero-order valence-corrected chi connectivity index (χ0v) is 15.4. The number of alkyl halides is 3. The first-order valence-corrected chi connectivity index (χ1v) is 9.01. The number of likely N-dealkylation sites (tertiary alicyclic amines) is 1. The topological polar surface area (TPSA) is 70.5 Å². The minimum Gasteiger partial charge on any atom is -0.475 e. The minimum absolute atomic E-state index is 0.118. The molecule has 1 amide bonds. The molecule has 1 aromatic carbocycles. The molecule has 1 N–H and O–H groups in total. The van der Waals surface area contributed by atoms with Crippen molar-refractivity contribution in [3.8, 4) is 0 Å². The standard InChI is InChI=1S/C19H18N2O.C2HF3O2/c22-18(16-6-11-20-12-7-16)21-13-9-19(10-14-21)8-5-15-3-1-2-4-17(15)19;3-2(4,5)1(6)7/h1-8,11-12H,9-10,13-14H2;(H,6,7). The summed E-state index contributed by atoms with van der Waals surface area (Å²) in [6, 6.07) is 12.2. The van der Waals surface area contributed by atoms with E-state index in [9.17, 15) is 18.0 Å². The van der Waals surface area contributed by atoms with E-state index in [1.165, 1.54) is 11.1 Å². The maximum Gasteiger partial charge on any atom is 0.490 e. The highest BCUT2D eigenvalue weighted by atomic mass is 19.4. The number of nitrogens with zero attached hydrogens (tertiary/aromatic N) is 2. The molecule has 0 bridgehead atoms. The van der Waals surface area contributed by atoms with Crippen LogP contribution in [0.1, 0.15) is 34.3 Å². The Hall–Kier alpha value is -3.16. The highest BCUT2D eigenvalue weighted by Gasteiger charge is 2.39. The number of hydrogen-bond acceptors (Lipinski definition) is 3. The molecule has 8 heteroatoms. The second-order valence-corrected chi connectivity index (χ2v) is 6.91.